The highest BCUT2D eigenvalue weighted by Crippen LogP contribution is 2.24. The first kappa shape index (κ1) is 12.2. The summed E-state index contributed by atoms with van der Waals surface area (Å²) in [5, 5.41) is -1.67. The van der Waals surface area contributed by atoms with Crippen molar-refractivity contribution in [3.63, 3.8) is 0 Å². The molecule has 1 aliphatic rings. The van der Waals surface area contributed by atoms with Crippen molar-refractivity contribution >= 4 is 16.1 Å². The second-order valence-corrected chi connectivity index (χ2v) is 4.81. The maximum Gasteiger partial charge on any atom is 0.406 e. The van der Waals surface area contributed by atoms with E-state index in [2.05, 4.69) is 0 Å². The van der Waals surface area contributed by atoms with Crippen LogP contribution in [0.25, 0.3) is 0 Å². The summed E-state index contributed by atoms with van der Waals surface area (Å²) in [6.45, 7) is -2.28. The van der Waals surface area contributed by atoms with Gasteiger partial charge in [0.1, 0.15) is 11.8 Å². The highest BCUT2D eigenvalue weighted by atomic mass is 32.3. The molecular formula is C6H7F4NO3S. The van der Waals surface area contributed by atoms with Crippen molar-refractivity contribution in [2.45, 2.75) is 17.8 Å². The lowest BCUT2D eigenvalue weighted by molar-refractivity contribution is -0.157. The van der Waals surface area contributed by atoms with Crippen molar-refractivity contribution in [1.29, 1.82) is 0 Å². The van der Waals surface area contributed by atoms with Gasteiger partial charge in [0, 0.05) is 13.0 Å². The third-order valence-corrected chi connectivity index (χ3v) is 3.06. The predicted octanol–water partition coefficient (Wildman–Crippen LogP) is 0.449. The van der Waals surface area contributed by atoms with Crippen molar-refractivity contribution < 1.29 is 30.3 Å². The van der Waals surface area contributed by atoms with Gasteiger partial charge in [-0.05, 0) is 0 Å². The summed E-state index contributed by atoms with van der Waals surface area (Å²) in [5.41, 5.74) is 0. The van der Waals surface area contributed by atoms with Crippen LogP contribution in [-0.4, -0.2) is 43.7 Å². The minimum atomic E-state index is -4.95. The lowest BCUT2D eigenvalue weighted by atomic mass is 10.4. The number of rotatable bonds is 2. The molecule has 0 aliphatic carbocycles. The van der Waals surface area contributed by atoms with Gasteiger partial charge in [-0.2, -0.15) is 21.6 Å². The third kappa shape index (κ3) is 3.33. The molecule has 15 heavy (non-hydrogen) atoms. The zero-order valence-corrected chi connectivity index (χ0v) is 8.11. The van der Waals surface area contributed by atoms with E-state index in [1.54, 1.807) is 0 Å². The molecule has 0 radical (unpaired) electrons. The van der Waals surface area contributed by atoms with Crippen LogP contribution >= 0.6 is 0 Å². The molecule has 0 saturated carbocycles. The molecule has 1 unspecified atom stereocenters. The molecule has 9 heteroatoms. The molecule has 0 aromatic carbocycles. The number of alkyl halides is 3. The molecule has 1 saturated heterocycles. The first-order valence-electron chi connectivity index (χ1n) is 3.87. The van der Waals surface area contributed by atoms with E-state index in [0.717, 1.165) is 0 Å². The molecule has 1 fully saturated rings. The molecule has 0 aromatic heterocycles. The fourth-order valence-corrected chi connectivity index (χ4v) is 1.99. The van der Waals surface area contributed by atoms with Gasteiger partial charge in [0.25, 0.3) is 0 Å². The van der Waals surface area contributed by atoms with Gasteiger partial charge in [-0.3, -0.25) is 4.79 Å². The number of likely N-dealkylation sites (tertiary alicyclic amines) is 1. The summed E-state index contributed by atoms with van der Waals surface area (Å²) in [6, 6.07) is 0. The van der Waals surface area contributed by atoms with E-state index in [1.807, 2.05) is 0 Å². The van der Waals surface area contributed by atoms with E-state index < -0.39 is 47.1 Å². The summed E-state index contributed by atoms with van der Waals surface area (Å²) >= 11 is 0. The molecule has 0 spiro atoms. The summed E-state index contributed by atoms with van der Waals surface area (Å²) in [7, 11) is -4.95. The largest absolute Gasteiger partial charge is 0.406 e. The minimum Gasteiger partial charge on any atom is -0.332 e. The van der Waals surface area contributed by atoms with Gasteiger partial charge in [0.15, 0.2) is 0 Å². The molecular weight excluding hydrogens is 242 g/mol. The van der Waals surface area contributed by atoms with E-state index in [0.29, 0.717) is 4.90 Å². The highest BCUT2D eigenvalue weighted by Gasteiger charge is 2.42. The van der Waals surface area contributed by atoms with Gasteiger partial charge in [0.2, 0.25) is 5.91 Å². The van der Waals surface area contributed by atoms with Crippen LogP contribution in [0.4, 0.5) is 17.1 Å². The van der Waals surface area contributed by atoms with Gasteiger partial charge in [-0.1, -0.05) is 0 Å². The average molecular weight is 249 g/mol. The van der Waals surface area contributed by atoms with Gasteiger partial charge >= 0.3 is 16.4 Å². The van der Waals surface area contributed by atoms with Crippen molar-refractivity contribution in [3.8, 4) is 0 Å². The number of halogens is 4. The first-order valence-corrected chi connectivity index (χ1v) is 5.32. The van der Waals surface area contributed by atoms with E-state index >= 15 is 0 Å². The van der Waals surface area contributed by atoms with E-state index in [4.69, 9.17) is 0 Å². The highest BCUT2D eigenvalue weighted by molar-refractivity contribution is 7.87. The van der Waals surface area contributed by atoms with Gasteiger partial charge in [-0.25, -0.2) is 0 Å². The molecule has 0 bridgehead atoms. The Labute approximate surface area is 83.1 Å². The minimum absolute atomic E-state index is 0.293. The van der Waals surface area contributed by atoms with E-state index in [-0.39, 0.29) is 0 Å². The molecule has 1 rings (SSSR count). The van der Waals surface area contributed by atoms with Gasteiger partial charge < -0.3 is 4.90 Å². The van der Waals surface area contributed by atoms with Crippen LogP contribution in [0.5, 0.6) is 0 Å². The molecule has 4 nitrogen and oxygen atoms in total. The molecule has 1 heterocycles. The Bertz CT molecular complexity index is 363. The van der Waals surface area contributed by atoms with E-state index in [9.17, 15) is 30.3 Å². The van der Waals surface area contributed by atoms with Crippen LogP contribution in [-0.2, 0) is 15.0 Å². The van der Waals surface area contributed by atoms with Crippen LogP contribution in [0, 0.1) is 0 Å². The molecule has 1 atom stereocenters. The zero-order valence-electron chi connectivity index (χ0n) is 7.29. The van der Waals surface area contributed by atoms with Crippen LogP contribution in [0.15, 0.2) is 0 Å². The Hall–Kier alpha value is -0.860. The smallest absolute Gasteiger partial charge is 0.332 e. The van der Waals surface area contributed by atoms with Crippen molar-refractivity contribution in [1.82, 2.24) is 4.90 Å². The lowest BCUT2D eigenvalue weighted by Gasteiger charge is -2.17. The third-order valence-electron chi connectivity index (χ3n) is 1.95. The Morgan fingerprint density at radius 1 is 1.40 bits per heavy atom. The van der Waals surface area contributed by atoms with Crippen LogP contribution in [0.3, 0.4) is 0 Å². The summed E-state index contributed by atoms with van der Waals surface area (Å²) in [5.74, 6) is -1.00. The standard InChI is InChI=1S/C6H7F4NO3S/c7-6(8,9)3-11-2-4(1-5(11)12)15(10,13)14/h4H,1-3H2. The van der Waals surface area contributed by atoms with Crippen molar-refractivity contribution in [3.05, 3.63) is 0 Å². The monoisotopic (exact) mass is 249 g/mol. The fourth-order valence-electron chi connectivity index (χ4n) is 1.29. The van der Waals surface area contributed by atoms with Gasteiger partial charge in [-0.15, -0.1) is 3.89 Å². The lowest BCUT2D eigenvalue weighted by Crippen LogP contribution is -2.36. The Balaban J connectivity index is 2.70. The molecule has 1 aliphatic heterocycles. The molecule has 0 aromatic rings. The second-order valence-electron chi connectivity index (χ2n) is 3.19. The normalized spacial score (nSPS) is 23.6. The summed E-state index contributed by atoms with van der Waals surface area (Å²) in [6.07, 6.45) is -5.33. The quantitative estimate of drug-likeness (QED) is 0.527. The van der Waals surface area contributed by atoms with Crippen LogP contribution in [0.2, 0.25) is 0 Å². The van der Waals surface area contributed by atoms with Crippen molar-refractivity contribution in [2.75, 3.05) is 13.1 Å². The number of carbonyl (C=O) groups excluding carboxylic acids is 1. The maximum absolute atomic E-state index is 12.4. The fraction of sp³-hybridized carbons (Fsp3) is 0.833. The van der Waals surface area contributed by atoms with E-state index in [1.165, 1.54) is 0 Å². The maximum atomic E-state index is 12.4. The number of amides is 1. The Morgan fingerprint density at radius 2 is 1.93 bits per heavy atom. The number of carbonyl (C=O) groups is 1. The number of nitrogens with zero attached hydrogens (tertiary/aromatic N) is 1. The second kappa shape index (κ2) is 3.62. The molecule has 1 amide bonds. The Kier molecular flexibility index (Phi) is 2.94. The SMILES string of the molecule is O=C1CC(S(=O)(=O)F)CN1CC(F)(F)F. The number of hydrogen-bond donors (Lipinski definition) is 0. The van der Waals surface area contributed by atoms with Crippen molar-refractivity contribution in [2.24, 2.45) is 0 Å². The zero-order chi connectivity index (χ0) is 11.9. The Morgan fingerprint density at radius 3 is 2.27 bits per heavy atom. The molecule has 88 valence electrons. The summed E-state index contributed by atoms with van der Waals surface area (Å²) in [4.78, 5) is 11.2. The predicted molar refractivity (Wildman–Crippen MR) is 41.1 cm³/mol. The number of hydrogen-bond acceptors (Lipinski definition) is 3. The topological polar surface area (TPSA) is 54.5 Å². The first-order chi connectivity index (χ1) is 6.59. The summed E-state index contributed by atoms with van der Waals surface area (Å²) < 4.78 is 68.7. The van der Waals surface area contributed by atoms with Gasteiger partial charge in [0.05, 0.1) is 0 Å². The van der Waals surface area contributed by atoms with Crippen LogP contribution < -0.4 is 0 Å². The molecule has 0 N–H and O–H groups in total. The average Bonchev–Trinajstić information content (AvgIpc) is 2.27. The van der Waals surface area contributed by atoms with Crippen LogP contribution in [0.1, 0.15) is 6.42 Å².